The monoisotopic (exact) mass is 286 g/mol. The number of carbonyl (C=O) groups is 2. The van der Waals surface area contributed by atoms with Crippen molar-refractivity contribution < 1.29 is 9.59 Å². The second-order valence-corrected chi connectivity index (χ2v) is 6.21. The lowest BCUT2D eigenvalue weighted by molar-refractivity contribution is 0.0693. The van der Waals surface area contributed by atoms with E-state index in [4.69, 9.17) is 0 Å². The summed E-state index contributed by atoms with van der Waals surface area (Å²) in [7, 11) is 1.53. The first kappa shape index (κ1) is 14.1. The van der Waals surface area contributed by atoms with Gasteiger partial charge in [-0.2, -0.15) is 0 Å². The third-order valence-electron chi connectivity index (χ3n) is 4.82. The van der Waals surface area contributed by atoms with Crippen molar-refractivity contribution in [1.82, 2.24) is 4.90 Å². The van der Waals surface area contributed by atoms with Crippen molar-refractivity contribution in [3.8, 4) is 0 Å². The van der Waals surface area contributed by atoms with Crippen LogP contribution in [-0.4, -0.2) is 29.8 Å². The fourth-order valence-corrected chi connectivity index (χ4v) is 3.48. The smallest absolute Gasteiger partial charge is 0.261 e. The molecule has 21 heavy (non-hydrogen) atoms. The molecule has 2 unspecified atom stereocenters. The van der Waals surface area contributed by atoms with E-state index in [1.807, 2.05) is 12.1 Å². The molecule has 2 atom stereocenters. The highest BCUT2D eigenvalue weighted by atomic mass is 16.2. The standard InChI is InChI=1S/C17H22N2O2/c1-3-11-5-4-6-12(9-11)18-13-7-8-14-15(10-13)17(21)19(2)16(14)20/h7-8,10-12,18H,3-6,9H2,1-2H3. The highest BCUT2D eigenvalue weighted by Crippen LogP contribution is 2.30. The van der Waals surface area contributed by atoms with E-state index in [0.29, 0.717) is 17.2 Å². The number of anilines is 1. The van der Waals surface area contributed by atoms with Crippen LogP contribution in [0.25, 0.3) is 0 Å². The molecule has 1 heterocycles. The highest BCUT2D eigenvalue weighted by Gasteiger charge is 2.33. The van der Waals surface area contributed by atoms with E-state index in [9.17, 15) is 9.59 Å². The Labute approximate surface area is 125 Å². The van der Waals surface area contributed by atoms with Gasteiger partial charge in [0.25, 0.3) is 11.8 Å². The van der Waals surface area contributed by atoms with Gasteiger partial charge in [-0.25, -0.2) is 0 Å². The molecule has 3 rings (SSSR count). The van der Waals surface area contributed by atoms with Crippen LogP contribution >= 0.6 is 0 Å². The second kappa shape index (κ2) is 5.51. The first-order valence-electron chi connectivity index (χ1n) is 7.83. The Balaban J connectivity index is 1.76. The van der Waals surface area contributed by atoms with Gasteiger partial charge in [0.15, 0.2) is 0 Å². The molecule has 1 aliphatic heterocycles. The van der Waals surface area contributed by atoms with Crippen LogP contribution < -0.4 is 5.32 Å². The SMILES string of the molecule is CCC1CCCC(Nc2ccc3c(c2)C(=O)N(C)C3=O)C1. The van der Waals surface area contributed by atoms with Gasteiger partial charge in [-0.05, 0) is 37.0 Å². The molecule has 1 aliphatic carbocycles. The van der Waals surface area contributed by atoms with Crippen molar-refractivity contribution in [3.63, 3.8) is 0 Å². The molecule has 0 spiro atoms. The fraction of sp³-hybridized carbons (Fsp3) is 0.529. The Morgan fingerprint density at radius 2 is 1.95 bits per heavy atom. The van der Waals surface area contributed by atoms with Gasteiger partial charge in [0.05, 0.1) is 11.1 Å². The van der Waals surface area contributed by atoms with Crippen LogP contribution in [0.1, 0.15) is 59.7 Å². The Hall–Kier alpha value is -1.84. The van der Waals surface area contributed by atoms with Gasteiger partial charge >= 0.3 is 0 Å². The first-order valence-corrected chi connectivity index (χ1v) is 7.83. The van der Waals surface area contributed by atoms with Crippen LogP contribution in [0.4, 0.5) is 5.69 Å². The largest absolute Gasteiger partial charge is 0.382 e. The maximum Gasteiger partial charge on any atom is 0.261 e. The highest BCUT2D eigenvalue weighted by molar-refractivity contribution is 6.21. The Bertz CT molecular complexity index is 582. The normalized spacial score (nSPS) is 25.1. The molecule has 4 heteroatoms. The summed E-state index contributed by atoms with van der Waals surface area (Å²) >= 11 is 0. The van der Waals surface area contributed by atoms with Crippen molar-refractivity contribution in [2.45, 2.75) is 45.1 Å². The van der Waals surface area contributed by atoms with E-state index in [1.54, 1.807) is 6.07 Å². The quantitative estimate of drug-likeness (QED) is 0.867. The van der Waals surface area contributed by atoms with Gasteiger partial charge in [-0.3, -0.25) is 14.5 Å². The number of amides is 2. The molecular formula is C17H22N2O2. The lowest BCUT2D eigenvalue weighted by Crippen LogP contribution is -2.27. The van der Waals surface area contributed by atoms with Crippen LogP contribution in [0.3, 0.4) is 0 Å². The maximum absolute atomic E-state index is 12.0. The number of imide groups is 1. The average molecular weight is 286 g/mol. The molecule has 0 radical (unpaired) electrons. The lowest BCUT2D eigenvalue weighted by Gasteiger charge is -2.29. The molecule has 0 saturated heterocycles. The summed E-state index contributed by atoms with van der Waals surface area (Å²) in [6.07, 6.45) is 6.21. The van der Waals surface area contributed by atoms with Crippen molar-refractivity contribution in [2.75, 3.05) is 12.4 Å². The number of hydrogen-bond donors (Lipinski definition) is 1. The number of nitrogens with zero attached hydrogens (tertiary/aromatic N) is 1. The minimum atomic E-state index is -0.203. The van der Waals surface area contributed by atoms with Gasteiger partial charge < -0.3 is 5.32 Å². The molecule has 0 bridgehead atoms. The first-order chi connectivity index (χ1) is 10.1. The lowest BCUT2D eigenvalue weighted by atomic mass is 9.84. The summed E-state index contributed by atoms with van der Waals surface area (Å²) in [6.45, 7) is 2.25. The van der Waals surface area contributed by atoms with Gasteiger partial charge in [-0.15, -0.1) is 0 Å². The third kappa shape index (κ3) is 2.55. The summed E-state index contributed by atoms with van der Waals surface area (Å²) < 4.78 is 0. The minimum Gasteiger partial charge on any atom is -0.382 e. The van der Waals surface area contributed by atoms with Crippen LogP contribution in [0.5, 0.6) is 0 Å². The maximum atomic E-state index is 12.0. The zero-order valence-electron chi connectivity index (χ0n) is 12.7. The topological polar surface area (TPSA) is 49.4 Å². The predicted octanol–water partition coefficient (Wildman–Crippen LogP) is 3.29. The van der Waals surface area contributed by atoms with Crippen molar-refractivity contribution in [1.29, 1.82) is 0 Å². The Morgan fingerprint density at radius 1 is 1.19 bits per heavy atom. The fourth-order valence-electron chi connectivity index (χ4n) is 3.48. The molecule has 2 amide bonds. The van der Waals surface area contributed by atoms with E-state index in [0.717, 1.165) is 11.6 Å². The molecule has 2 aliphatic rings. The van der Waals surface area contributed by atoms with Crippen LogP contribution in [-0.2, 0) is 0 Å². The predicted molar refractivity (Wildman–Crippen MR) is 82.5 cm³/mol. The van der Waals surface area contributed by atoms with Crippen LogP contribution in [0.15, 0.2) is 18.2 Å². The van der Waals surface area contributed by atoms with E-state index in [-0.39, 0.29) is 11.8 Å². The zero-order chi connectivity index (χ0) is 15.0. The number of carbonyl (C=O) groups excluding carboxylic acids is 2. The second-order valence-electron chi connectivity index (χ2n) is 6.21. The van der Waals surface area contributed by atoms with Gasteiger partial charge in [-0.1, -0.05) is 26.2 Å². The number of hydrogen-bond acceptors (Lipinski definition) is 3. The van der Waals surface area contributed by atoms with Crippen LogP contribution in [0.2, 0.25) is 0 Å². The van der Waals surface area contributed by atoms with Crippen molar-refractivity contribution in [3.05, 3.63) is 29.3 Å². The summed E-state index contributed by atoms with van der Waals surface area (Å²) in [5.41, 5.74) is 1.99. The molecule has 4 nitrogen and oxygen atoms in total. The summed E-state index contributed by atoms with van der Waals surface area (Å²) in [4.78, 5) is 25.1. The summed E-state index contributed by atoms with van der Waals surface area (Å²) in [6, 6.07) is 5.99. The summed E-state index contributed by atoms with van der Waals surface area (Å²) in [5.74, 6) is 0.402. The summed E-state index contributed by atoms with van der Waals surface area (Å²) in [5, 5.41) is 3.54. The number of rotatable bonds is 3. The number of nitrogens with one attached hydrogen (secondary N) is 1. The van der Waals surface area contributed by atoms with Gasteiger partial charge in [0.2, 0.25) is 0 Å². The third-order valence-corrected chi connectivity index (χ3v) is 4.82. The molecule has 112 valence electrons. The molecule has 1 aromatic rings. The van der Waals surface area contributed by atoms with E-state index in [2.05, 4.69) is 12.2 Å². The molecule has 1 fully saturated rings. The number of benzene rings is 1. The average Bonchev–Trinajstić information content (AvgIpc) is 2.72. The molecule has 1 saturated carbocycles. The number of fused-ring (bicyclic) bond motifs is 1. The van der Waals surface area contributed by atoms with Crippen molar-refractivity contribution >= 4 is 17.5 Å². The van der Waals surface area contributed by atoms with E-state index in [1.165, 1.54) is 44.1 Å². The molecule has 0 aromatic heterocycles. The van der Waals surface area contributed by atoms with Gasteiger partial charge in [0.1, 0.15) is 0 Å². The Kier molecular flexibility index (Phi) is 3.70. The van der Waals surface area contributed by atoms with Gasteiger partial charge in [0, 0.05) is 18.8 Å². The molecule has 1 aromatic carbocycles. The van der Waals surface area contributed by atoms with Crippen molar-refractivity contribution in [2.24, 2.45) is 5.92 Å². The zero-order valence-corrected chi connectivity index (χ0v) is 12.7. The minimum absolute atomic E-state index is 0.200. The van der Waals surface area contributed by atoms with Crippen LogP contribution in [0, 0.1) is 5.92 Å². The molecular weight excluding hydrogens is 264 g/mol. The van der Waals surface area contributed by atoms with E-state index >= 15 is 0 Å². The Morgan fingerprint density at radius 3 is 2.71 bits per heavy atom. The molecule has 1 N–H and O–H groups in total. The van der Waals surface area contributed by atoms with E-state index < -0.39 is 0 Å².